The van der Waals surface area contributed by atoms with Crippen molar-refractivity contribution >= 4 is 52.2 Å². The van der Waals surface area contributed by atoms with Crippen molar-refractivity contribution in [3.63, 3.8) is 0 Å². The Morgan fingerprint density at radius 1 is 0.912 bits per heavy atom. The first-order chi connectivity index (χ1) is 16.3. The van der Waals surface area contributed by atoms with Crippen LogP contribution in [-0.2, 0) is 0 Å². The number of nitrogens with zero attached hydrogens (tertiary/aromatic N) is 2. The standard InChI is InChI=1S/C25H25Cl2N5O2/c1-15-13-32(14-16(2)29-15)23-10-5-18(12-28-23)25(34)30-20-8-9-21(27)22(11-20)31-24(33)17-3-6-19(26)7-4-17/h3-12,15-16,29H,13-14H2,1-2H3,(H,30,34)(H,31,33)/t15-,16+. The number of anilines is 3. The van der Waals surface area contributed by atoms with Gasteiger partial charge < -0.3 is 20.9 Å². The molecule has 1 aliphatic rings. The highest BCUT2D eigenvalue weighted by atomic mass is 35.5. The van der Waals surface area contributed by atoms with Gasteiger partial charge in [-0.2, -0.15) is 0 Å². The fourth-order valence-electron chi connectivity index (χ4n) is 3.92. The fraction of sp³-hybridized carbons (Fsp3) is 0.240. The molecule has 3 aromatic rings. The Bertz CT molecular complexity index is 1170. The van der Waals surface area contributed by atoms with Crippen LogP contribution in [0.3, 0.4) is 0 Å². The van der Waals surface area contributed by atoms with Crippen molar-refractivity contribution in [1.29, 1.82) is 0 Å². The van der Waals surface area contributed by atoms with Crippen molar-refractivity contribution in [3.8, 4) is 0 Å². The average Bonchev–Trinajstić information content (AvgIpc) is 2.81. The Kier molecular flexibility index (Phi) is 7.36. The quantitative estimate of drug-likeness (QED) is 0.457. The van der Waals surface area contributed by atoms with E-state index in [1.54, 1.807) is 54.7 Å². The number of piperazine rings is 1. The van der Waals surface area contributed by atoms with Crippen LogP contribution in [0.15, 0.2) is 60.8 Å². The topological polar surface area (TPSA) is 86.4 Å². The summed E-state index contributed by atoms with van der Waals surface area (Å²) in [7, 11) is 0. The lowest BCUT2D eigenvalue weighted by atomic mass is 10.1. The van der Waals surface area contributed by atoms with E-state index in [4.69, 9.17) is 23.2 Å². The van der Waals surface area contributed by atoms with Gasteiger partial charge in [-0.05, 0) is 68.4 Å². The van der Waals surface area contributed by atoms with Gasteiger partial charge >= 0.3 is 0 Å². The lowest BCUT2D eigenvalue weighted by Gasteiger charge is -2.36. The van der Waals surface area contributed by atoms with Crippen molar-refractivity contribution in [1.82, 2.24) is 10.3 Å². The maximum absolute atomic E-state index is 12.8. The number of rotatable bonds is 5. The van der Waals surface area contributed by atoms with Gasteiger partial charge in [0, 0.05) is 47.6 Å². The van der Waals surface area contributed by atoms with E-state index in [9.17, 15) is 9.59 Å². The number of hydrogen-bond acceptors (Lipinski definition) is 5. The number of hydrogen-bond donors (Lipinski definition) is 3. The summed E-state index contributed by atoms with van der Waals surface area (Å²) < 4.78 is 0. The molecule has 0 bridgehead atoms. The van der Waals surface area contributed by atoms with Gasteiger partial charge in [0.05, 0.1) is 16.3 Å². The summed E-state index contributed by atoms with van der Waals surface area (Å²) in [6.07, 6.45) is 1.57. The predicted molar refractivity (Wildman–Crippen MR) is 137 cm³/mol. The van der Waals surface area contributed by atoms with E-state index in [0.29, 0.717) is 44.6 Å². The van der Waals surface area contributed by atoms with Crippen molar-refractivity contribution in [3.05, 3.63) is 82.0 Å². The minimum Gasteiger partial charge on any atom is -0.354 e. The molecule has 1 saturated heterocycles. The molecule has 4 rings (SSSR count). The summed E-state index contributed by atoms with van der Waals surface area (Å²) in [5.74, 6) is 0.201. The maximum Gasteiger partial charge on any atom is 0.257 e. The first-order valence-corrected chi connectivity index (χ1v) is 11.7. The van der Waals surface area contributed by atoms with Gasteiger partial charge in [-0.1, -0.05) is 23.2 Å². The monoisotopic (exact) mass is 497 g/mol. The minimum atomic E-state index is -0.335. The van der Waals surface area contributed by atoms with Crippen LogP contribution in [0.4, 0.5) is 17.2 Å². The second-order valence-electron chi connectivity index (χ2n) is 8.39. The summed E-state index contributed by atoms with van der Waals surface area (Å²) in [5.41, 5.74) is 1.75. The van der Waals surface area contributed by atoms with Crippen LogP contribution in [0.1, 0.15) is 34.6 Å². The molecule has 0 aliphatic carbocycles. The van der Waals surface area contributed by atoms with E-state index >= 15 is 0 Å². The van der Waals surface area contributed by atoms with Crippen LogP contribution < -0.4 is 20.9 Å². The number of carbonyl (C=O) groups is 2. The highest BCUT2D eigenvalue weighted by Gasteiger charge is 2.22. The molecular formula is C25H25Cl2N5O2. The Morgan fingerprint density at radius 2 is 1.56 bits per heavy atom. The Balaban J connectivity index is 1.43. The van der Waals surface area contributed by atoms with Crippen molar-refractivity contribution < 1.29 is 9.59 Å². The zero-order chi connectivity index (χ0) is 24.2. The van der Waals surface area contributed by atoms with E-state index < -0.39 is 0 Å². The first kappa shape index (κ1) is 24.0. The molecule has 1 aliphatic heterocycles. The summed E-state index contributed by atoms with van der Waals surface area (Å²) in [6, 6.07) is 15.8. The molecule has 2 aromatic carbocycles. The van der Waals surface area contributed by atoms with E-state index in [-0.39, 0.29) is 11.8 Å². The summed E-state index contributed by atoms with van der Waals surface area (Å²) in [4.78, 5) is 32.0. The van der Waals surface area contributed by atoms with Crippen LogP contribution in [0.25, 0.3) is 0 Å². The summed E-state index contributed by atoms with van der Waals surface area (Å²) in [6.45, 7) is 6.00. The number of pyridine rings is 1. The third-order valence-electron chi connectivity index (χ3n) is 5.47. The molecule has 0 radical (unpaired) electrons. The van der Waals surface area contributed by atoms with E-state index in [0.717, 1.165) is 18.9 Å². The van der Waals surface area contributed by atoms with Crippen LogP contribution in [0.2, 0.25) is 10.0 Å². The van der Waals surface area contributed by atoms with E-state index in [1.165, 1.54) is 0 Å². The maximum atomic E-state index is 12.8. The van der Waals surface area contributed by atoms with Crippen molar-refractivity contribution in [2.75, 3.05) is 28.6 Å². The van der Waals surface area contributed by atoms with E-state index in [2.05, 4.69) is 39.7 Å². The Hall–Kier alpha value is -3.13. The molecule has 9 heteroatoms. The third kappa shape index (κ3) is 5.86. The lowest BCUT2D eigenvalue weighted by Crippen LogP contribution is -2.54. The molecule has 3 N–H and O–H groups in total. The second-order valence-corrected chi connectivity index (χ2v) is 9.23. The molecule has 7 nitrogen and oxygen atoms in total. The molecule has 2 amide bonds. The molecule has 0 saturated carbocycles. The minimum absolute atomic E-state index is 0.307. The zero-order valence-electron chi connectivity index (χ0n) is 18.8. The van der Waals surface area contributed by atoms with Gasteiger partial charge in [-0.25, -0.2) is 4.98 Å². The van der Waals surface area contributed by atoms with Crippen LogP contribution >= 0.6 is 23.2 Å². The van der Waals surface area contributed by atoms with Gasteiger partial charge in [-0.3, -0.25) is 9.59 Å². The highest BCUT2D eigenvalue weighted by molar-refractivity contribution is 6.34. The zero-order valence-corrected chi connectivity index (χ0v) is 20.3. The summed E-state index contributed by atoms with van der Waals surface area (Å²) in [5, 5.41) is 9.98. The first-order valence-electron chi connectivity index (χ1n) is 10.9. The smallest absolute Gasteiger partial charge is 0.257 e. The summed E-state index contributed by atoms with van der Waals surface area (Å²) >= 11 is 12.1. The third-order valence-corrected chi connectivity index (χ3v) is 6.05. The molecule has 176 valence electrons. The number of nitrogens with one attached hydrogen (secondary N) is 3. The molecule has 2 atom stereocenters. The lowest BCUT2D eigenvalue weighted by molar-refractivity contribution is 0.101. The molecular weight excluding hydrogens is 473 g/mol. The van der Waals surface area contributed by atoms with E-state index in [1.807, 2.05) is 6.07 Å². The largest absolute Gasteiger partial charge is 0.354 e. The van der Waals surface area contributed by atoms with Gasteiger partial charge in [0.2, 0.25) is 0 Å². The normalized spacial score (nSPS) is 17.8. The average molecular weight is 498 g/mol. The second kappa shape index (κ2) is 10.4. The van der Waals surface area contributed by atoms with Gasteiger partial charge in [-0.15, -0.1) is 0 Å². The SMILES string of the molecule is C[C@@H]1CN(c2ccc(C(=O)Nc3ccc(Cl)c(NC(=O)c4ccc(Cl)cc4)c3)cn2)C[C@H](C)N1. The fourth-order valence-corrected chi connectivity index (χ4v) is 4.21. The van der Waals surface area contributed by atoms with Crippen molar-refractivity contribution in [2.45, 2.75) is 25.9 Å². The molecule has 0 unspecified atom stereocenters. The number of benzene rings is 2. The van der Waals surface area contributed by atoms with Crippen molar-refractivity contribution in [2.24, 2.45) is 0 Å². The van der Waals surface area contributed by atoms with Gasteiger partial charge in [0.15, 0.2) is 0 Å². The van der Waals surface area contributed by atoms with Gasteiger partial charge in [0.25, 0.3) is 11.8 Å². The number of carbonyl (C=O) groups excluding carboxylic acids is 2. The molecule has 2 heterocycles. The molecule has 1 fully saturated rings. The predicted octanol–water partition coefficient (Wildman–Crippen LogP) is 5.08. The molecule has 0 spiro atoms. The highest BCUT2D eigenvalue weighted by Crippen LogP contribution is 2.27. The van der Waals surface area contributed by atoms with Gasteiger partial charge in [0.1, 0.15) is 5.82 Å². The molecule has 34 heavy (non-hydrogen) atoms. The molecule has 1 aromatic heterocycles. The Morgan fingerprint density at radius 3 is 2.21 bits per heavy atom. The van der Waals surface area contributed by atoms with Crippen LogP contribution in [0.5, 0.6) is 0 Å². The van der Waals surface area contributed by atoms with Crippen LogP contribution in [-0.4, -0.2) is 42.0 Å². The Labute approximate surface area is 208 Å². The number of halogens is 2. The van der Waals surface area contributed by atoms with Crippen LogP contribution in [0, 0.1) is 0 Å². The number of aromatic nitrogens is 1. The number of amides is 2.